The molecule has 122 valence electrons. The second kappa shape index (κ2) is 8.12. The molecule has 2 aromatic rings. The number of nitrogens with zero attached hydrogens (tertiary/aromatic N) is 2. The van der Waals surface area contributed by atoms with Crippen LogP contribution in [0.25, 0.3) is 5.69 Å². The molecular formula is C17H21N3O3. The minimum atomic E-state index is -0.514. The highest BCUT2D eigenvalue weighted by Crippen LogP contribution is 2.12. The lowest BCUT2D eigenvalue weighted by molar-refractivity contribution is -0.124. The number of unbranched alkanes of at least 4 members (excludes halogenated alkanes) is 1. The van der Waals surface area contributed by atoms with Gasteiger partial charge in [0.25, 0.3) is 5.91 Å². The van der Waals surface area contributed by atoms with Gasteiger partial charge in [0.2, 0.25) is 0 Å². The molecule has 0 aliphatic heterocycles. The van der Waals surface area contributed by atoms with E-state index < -0.39 is 5.97 Å². The quantitative estimate of drug-likeness (QED) is 0.628. The molecule has 0 bridgehead atoms. The molecule has 0 saturated heterocycles. The van der Waals surface area contributed by atoms with Crippen LogP contribution in [0.4, 0.5) is 0 Å². The van der Waals surface area contributed by atoms with Gasteiger partial charge in [0.15, 0.2) is 6.61 Å². The molecule has 0 radical (unpaired) electrons. The number of carbonyl (C=O) groups is 2. The second-order valence-corrected chi connectivity index (χ2v) is 5.21. The highest BCUT2D eigenvalue weighted by Gasteiger charge is 2.10. The van der Waals surface area contributed by atoms with Crippen molar-refractivity contribution in [2.75, 3.05) is 13.2 Å². The summed E-state index contributed by atoms with van der Waals surface area (Å²) in [6, 6.07) is 8.80. The zero-order valence-electron chi connectivity index (χ0n) is 13.4. The summed E-state index contributed by atoms with van der Waals surface area (Å²) in [5.41, 5.74) is 2.27. The number of hydrogen-bond acceptors (Lipinski definition) is 4. The van der Waals surface area contributed by atoms with Crippen LogP contribution in [-0.2, 0) is 9.53 Å². The fourth-order valence-electron chi connectivity index (χ4n) is 2.05. The zero-order valence-corrected chi connectivity index (χ0v) is 13.4. The Bertz CT molecular complexity index is 662. The predicted molar refractivity (Wildman–Crippen MR) is 86.5 cm³/mol. The molecule has 0 aliphatic rings. The van der Waals surface area contributed by atoms with E-state index in [-0.39, 0.29) is 12.5 Å². The third-order valence-electron chi connectivity index (χ3n) is 3.37. The van der Waals surface area contributed by atoms with Gasteiger partial charge >= 0.3 is 5.97 Å². The summed E-state index contributed by atoms with van der Waals surface area (Å²) in [5.74, 6) is -0.796. The lowest BCUT2D eigenvalue weighted by atomic mass is 10.2. The van der Waals surface area contributed by atoms with E-state index in [0.717, 1.165) is 24.2 Å². The van der Waals surface area contributed by atoms with Crippen molar-refractivity contribution >= 4 is 11.9 Å². The first-order valence-corrected chi connectivity index (χ1v) is 7.66. The van der Waals surface area contributed by atoms with Crippen molar-refractivity contribution in [3.05, 3.63) is 47.8 Å². The lowest BCUT2D eigenvalue weighted by Gasteiger charge is -2.07. The average molecular weight is 315 g/mol. The van der Waals surface area contributed by atoms with Crippen LogP contribution < -0.4 is 5.32 Å². The molecule has 1 amide bonds. The topological polar surface area (TPSA) is 73.2 Å². The van der Waals surface area contributed by atoms with Gasteiger partial charge < -0.3 is 10.1 Å². The van der Waals surface area contributed by atoms with E-state index in [1.807, 2.05) is 19.9 Å². The second-order valence-electron chi connectivity index (χ2n) is 5.21. The van der Waals surface area contributed by atoms with Crippen LogP contribution in [-0.4, -0.2) is 34.8 Å². The number of carbonyl (C=O) groups excluding carboxylic acids is 2. The van der Waals surface area contributed by atoms with E-state index in [1.165, 1.54) is 0 Å². The van der Waals surface area contributed by atoms with E-state index in [9.17, 15) is 9.59 Å². The Balaban J connectivity index is 1.88. The molecule has 1 heterocycles. The Hall–Kier alpha value is -2.63. The summed E-state index contributed by atoms with van der Waals surface area (Å²) in [7, 11) is 0. The summed E-state index contributed by atoms with van der Waals surface area (Å²) in [5, 5.41) is 6.90. The molecule has 0 aliphatic carbocycles. The maximum Gasteiger partial charge on any atom is 0.338 e. The van der Waals surface area contributed by atoms with Crippen LogP contribution in [0.3, 0.4) is 0 Å². The van der Waals surface area contributed by atoms with Gasteiger partial charge in [-0.3, -0.25) is 4.79 Å². The summed E-state index contributed by atoms with van der Waals surface area (Å²) >= 11 is 0. The van der Waals surface area contributed by atoms with Gasteiger partial charge in [-0.25, -0.2) is 9.48 Å². The van der Waals surface area contributed by atoms with Crippen molar-refractivity contribution in [1.82, 2.24) is 15.1 Å². The molecule has 23 heavy (non-hydrogen) atoms. The van der Waals surface area contributed by atoms with E-state index in [4.69, 9.17) is 4.74 Å². The number of aryl methyl sites for hydroxylation is 1. The average Bonchev–Trinajstić information content (AvgIpc) is 2.99. The molecule has 0 unspecified atom stereocenters. The molecule has 2 rings (SSSR count). The monoisotopic (exact) mass is 315 g/mol. The first kappa shape index (κ1) is 16.7. The van der Waals surface area contributed by atoms with E-state index in [0.29, 0.717) is 12.1 Å². The van der Waals surface area contributed by atoms with Crippen molar-refractivity contribution in [1.29, 1.82) is 0 Å². The Morgan fingerprint density at radius 1 is 1.22 bits per heavy atom. The summed E-state index contributed by atoms with van der Waals surface area (Å²) < 4.78 is 6.78. The summed E-state index contributed by atoms with van der Waals surface area (Å²) in [6.45, 7) is 4.33. The van der Waals surface area contributed by atoms with Gasteiger partial charge in [0.1, 0.15) is 0 Å². The fraction of sp³-hybridized carbons (Fsp3) is 0.353. The Morgan fingerprint density at radius 3 is 2.57 bits per heavy atom. The number of rotatable bonds is 7. The minimum Gasteiger partial charge on any atom is -0.452 e. The van der Waals surface area contributed by atoms with Gasteiger partial charge in [-0.1, -0.05) is 13.3 Å². The molecule has 6 heteroatoms. The minimum absolute atomic E-state index is 0.261. The molecule has 0 saturated carbocycles. The van der Waals surface area contributed by atoms with E-state index >= 15 is 0 Å². The first-order valence-electron chi connectivity index (χ1n) is 7.66. The number of benzene rings is 1. The molecule has 1 N–H and O–H groups in total. The van der Waals surface area contributed by atoms with Crippen molar-refractivity contribution in [2.24, 2.45) is 0 Å². The maximum absolute atomic E-state index is 11.9. The van der Waals surface area contributed by atoms with Crippen molar-refractivity contribution in [3.63, 3.8) is 0 Å². The molecule has 1 aromatic carbocycles. The highest BCUT2D eigenvalue weighted by atomic mass is 16.5. The van der Waals surface area contributed by atoms with Crippen LogP contribution in [0.1, 0.15) is 35.8 Å². The number of aromatic nitrogens is 2. The molecule has 6 nitrogen and oxygen atoms in total. The van der Waals surface area contributed by atoms with Crippen LogP contribution in [0.15, 0.2) is 36.5 Å². The number of nitrogens with one attached hydrogen (secondary N) is 1. The summed E-state index contributed by atoms with van der Waals surface area (Å²) in [6.07, 6.45) is 3.63. The largest absolute Gasteiger partial charge is 0.452 e. The Labute approximate surface area is 135 Å². The number of ether oxygens (including phenoxy) is 1. The number of hydrogen-bond donors (Lipinski definition) is 1. The van der Waals surface area contributed by atoms with Crippen molar-refractivity contribution < 1.29 is 14.3 Å². The third-order valence-corrected chi connectivity index (χ3v) is 3.37. The standard InChI is InChI=1S/C17H21N3O3/c1-3-4-10-18-16(21)12-23-17(22)14-5-7-15(8-6-14)20-13(2)9-11-19-20/h5-9,11H,3-4,10,12H2,1-2H3,(H,18,21). The van der Waals surface area contributed by atoms with Crippen molar-refractivity contribution in [3.8, 4) is 5.69 Å². The zero-order chi connectivity index (χ0) is 16.7. The Morgan fingerprint density at radius 2 is 1.96 bits per heavy atom. The van der Waals surface area contributed by atoms with Gasteiger partial charge in [-0.05, 0) is 43.7 Å². The molecule has 1 aromatic heterocycles. The van der Waals surface area contributed by atoms with Crippen LogP contribution >= 0.6 is 0 Å². The molecular weight excluding hydrogens is 294 g/mol. The van der Waals surface area contributed by atoms with E-state index in [2.05, 4.69) is 10.4 Å². The maximum atomic E-state index is 11.9. The Kier molecular flexibility index (Phi) is 5.91. The SMILES string of the molecule is CCCCNC(=O)COC(=O)c1ccc(-n2nccc2C)cc1. The number of esters is 1. The summed E-state index contributed by atoms with van der Waals surface area (Å²) in [4.78, 5) is 23.4. The van der Waals surface area contributed by atoms with Gasteiger partial charge in [-0.15, -0.1) is 0 Å². The molecule has 0 spiro atoms. The lowest BCUT2D eigenvalue weighted by Crippen LogP contribution is -2.29. The fourth-order valence-corrected chi connectivity index (χ4v) is 2.05. The normalized spacial score (nSPS) is 10.3. The van der Waals surface area contributed by atoms with Gasteiger partial charge in [-0.2, -0.15) is 5.10 Å². The molecule has 0 atom stereocenters. The molecule has 0 fully saturated rings. The first-order chi connectivity index (χ1) is 11.1. The van der Waals surface area contributed by atoms with Crippen LogP contribution in [0.5, 0.6) is 0 Å². The highest BCUT2D eigenvalue weighted by molar-refractivity contribution is 5.91. The van der Waals surface area contributed by atoms with Crippen LogP contribution in [0, 0.1) is 6.92 Å². The van der Waals surface area contributed by atoms with Gasteiger partial charge in [0, 0.05) is 18.4 Å². The number of amides is 1. The van der Waals surface area contributed by atoms with Gasteiger partial charge in [0.05, 0.1) is 11.3 Å². The van der Waals surface area contributed by atoms with E-state index in [1.54, 1.807) is 35.1 Å². The third kappa shape index (κ3) is 4.67. The smallest absolute Gasteiger partial charge is 0.338 e. The van der Waals surface area contributed by atoms with Crippen LogP contribution in [0.2, 0.25) is 0 Å². The predicted octanol–water partition coefficient (Wildman–Crippen LogP) is 2.25. The van der Waals surface area contributed by atoms with Crippen molar-refractivity contribution in [2.45, 2.75) is 26.7 Å².